The summed E-state index contributed by atoms with van der Waals surface area (Å²) in [4.78, 5) is 14.5. The lowest BCUT2D eigenvalue weighted by molar-refractivity contribution is -0.122. The van der Waals surface area contributed by atoms with Crippen molar-refractivity contribution in [2.75, 3.05) is 32.8 Å². The summed E-state index contributed by atoms with van der Waals surface area (Å²) in [6.45, 7) is 4.48. The van der Waals surface area contributed by atoms with Gasteiger partial charge in [-0.1, -0.05) is 0 Å². The number of hydrogen-bond acceptors (Lipinski definition) is 4. The first-order valence-corrected chi connectivity index (χ1v) is 7.16. The van der Waals surface area contributed by atoms with Crippen LogP contribution in [0.2, 0.25) is 0 Å². The number of amides is 1. The quantitative estimate of drug-likeness (QED) is 0.723. The molecule has 0 spiro atoms. The van der Waals surface area contributed by atoms with E-state index in [9.17, 15) is 4.79 Å². The molecule has 2 saturated heterocycles. The monoisotopic (exact) mass is 253 g/mol. The summed E-state index contributed by atoms with van der Waals surface area (Å²) >= 11 is 0. The van der Waals surface area contributed by atoms with Crippen LogP contribution in [0.3, 0.4) is 0 Å². The van der Waals surface area contributed by atoms with Gasteiger partial charge >= 0.3 is 0 Å². The number of likely N-dealkylation sites (tertiary alicyclic amines) is 1. The fourth-order valence-corrected chi connectivity index (χ4v) is 2.94. The Balaban J connectivity index is 1.38. The van der Waals surface area contributed by atoms with Crippen molar-refractivity contribution in [1.29, 1.82) is 0 Å². The first kappa shape index (κ1) is 12.4. The SMILES string of the molecule is O=C(CC1COCCN1)NC1CCN(C2CC2)C1. The van der Waals surface area contributed by atoms with Gasteiger partial charge in [-0.2, -0.15) is 0 Å². The van der Waals surface area contributed by atoms with Gasteiger partial charge in [-0.15, -0.1) is 0 Å². The normalized spacial score (nSPS) is 33.6. The van der Waals surface area contributed by atoms with Crippen LogP contribution in [0.15, 0.2) is 0 Å². The molecule has 2 N–H and O–H groups in total. The summed E-state index contributed by atoms with van der Waals surface area (Å²) in [5.41, 5.74) is 0. The van der Waals surface area contributed by atoms with Gasteiger partial charge < -0.3 is 15.4 Å². The third-order valence-corrected chi connectivity index (χ3v) is 4.08. The van der Waals surface area contributed by atoms with Crippen molar-refractivity contribution in [2.45, 2.75) is 43.8 Å². The molecule has 2 atom stereocenters. The van der Waals surface area contributed by atoms with E-state index in [1.165, 1.54) is 12.8 Å². The maximum absolute atomic E-state index is 11.9. The summed E-state index contributed by atoms with van der Waals surface area (Å²) in [6, 6.07) is 1.38. The van der Waals surface area contributed by atoms with Gasteiger partial charge in [0.1, 0.15) is 0 Å². The fraction of sp³-hybridized carbons (Fsp3) is 0.923. The molecule has 0 bridgehead atoms. The molecule has 2 unspecified atom stereocenters. The maximum atomic E-state index is 11.9. The molecule has 1 amide bonds. The number of hydrogen-bond donors (Lipinski definition) is 2. The van der Waals surface area contributed by atoms with Crippen molar-refractivity contribution in [1.82, 2.24) is 15.5 Å². The van der Waals surface area contributed by atoms with Gasteiger partial charge in [-0.25, -0.2) is 0 Å². The average molecular weight is 253 g/mol. The van der Waals surface area contributed by atoms with Crippen LogP contribution in [-0.2, 0) is 9.53 Å². The summed E-state index contributed by atoms with van der Waals surface area (Å²) < 4.78 is 5.36. The lowest BCUT2D eigenvalue weighted by Crippen LogP contribution is -2.46. The lowest BCUT2D eigenvalue weighted by Gasteiger charge is -2.24. The number of ether oxygens (including phenoxy) is 1. The van der Waals surface area contributed by atoms with Gasteiger partial charge in [0.25, 0.3) is 0 Å². The van der Waals surface area contributed by atoms with Crippen LogP contribution in [-0.4, -0.2) is 61.8 Å². The number of morpholine rings is 1. The lowest BCUT2D eigenvalue weighted by atomic mass is 10.1. The first-order chi connectivity index (χ1) is 8.81. The molecule has 102 valence electrons. The smallest absolute Gasteiger partial charge is 0.221 e. The van der Waals surface area contributed by atoms with E-state index < -0.39 is 0 Å². The van der Waals surface area contributed by atoms with Crippen molar-refractivity contribution >= 4 is 5.91 Å². The molecular weight excluding hydrogens is 230 g/mol. The Kier molecular flexibility index (Phi) is 3.82. The average Bonchev–Trinajstić information content (AvgIpc) is 3.12. The van der Waals surface area contributed by atoms with E-state index in [2.05, 4.69) is 15.5 Å². The van der Waals surface area contributed by atoms with Crippen molar-refractivity contribution in [3.63, 3.8) is 0 Å². The van der Waals surface area contributed by atoms with E-state index in [-0.39, 0.29) is 11.9 Å². The van der Waals surface area contributed by atoms with Crippen LogP contribution in [0.1, 0.15) is 25.7 Å². The van der Waals surface area contributed by atoms with Crippen molar-refractivity contribution in [3.8, 4) is 0 Å². The first-order valence-electron chi connectivity index (χ1n) is 7.16. The van der Waals surface area contributed by atoms with Crippen molar-refractivity contribution in [3.05, 3.63) is 0 Å². The minimum absolute atomic E-state index is 0.167. The molecule has 2 heterocycles. The van der Waals surface area contributed by atoms with Crippen LogP contribution >= 0.6 is 0 Å². The molecule has 0 radical (unpaired) electrons. The Labute approximate surface area is 108 Å². The van der Waals surface area contributed by atoms with Crippen LogP contribution in [0.25, 0.3) is 0 Å². The molecule has 2 aliphatic heterocycles. The van der Waals surface area contributed by atoms with Gasteiger partial charge in [-0.05, 0) is 19.3 Å². The summed E-state index contributed by atoms with van der Waals surface area (Å²) in [5.74, 6) is 0.167. The number of nitrogens with zero attached hydrogens (tertiary/aromatic N) is 1. The van der Waals surface area contributed by atoms with E-state index >= 15 is 0 Å². The molecule has 5 nitrogen and oxygen atoms in total. The maximum Gasteiger partial charge on any atom is 0.221 e. The largest absolute Gasteiger partial charge is 0.378 e. The van der Waals surface area contributed by atoms with Gasteiger partial charge in [0.05, 0.1) is 13.2 Å². The Hall–Kier alpha value is -0.650. The van der Waals surface area contributed by atoms with E-state index in [1.807, 2.05) is 0 Å². The van der Waals surface area contributed by atoms with Gasteiger partial charge in [0.2, 0.25) is 5.91 Å². The molecule has 0 aromatic heterocycles. The second-order valence-electron chi connectivity index (χ2n) is 5.71. The van der Waals surface area contributed by atoms with E-state index in [4.69, 9.17) is 4.74 Å². The van der Waals surface area contributed by atoms with Gasteiger partial charge in [-0.3, -0.25) is 9.69 Å². The Morgan fingerprint density at radius 2 is 2.28 bits per heavy atom. The summed E-state index contributed by atoms with van der Waals surface area (Å²) in [5, 5.41) is 6.48. The van der Waals surface area contributed by atoms with Crippen LogP contribution in [0.5, 0.6) is 0 Å². The molecule has 0 aromatic carbocycles. The molecule has 18 heavy (non-hydrogen) atoms. The van der Waals surface area contributed by atoms with Crippen molar-refractivity contribution < 1.29 is 9.53 Å². The fourth-order valence-electron chi connectivity index (χ4n) is 2.94. The molecule has 5 heteroatoms. The predicted molar refractivity (Wildman–Crippen MR) is 68.4 cm³/mol. The molecule has 0 aromatic rings. The zero-order chi connectivity index (χ0) is 12.4. The molecule has 3 rings (SSSR count). The van der Waals surface area contributed by atoms with Crippen LogP contribution < -0.4 is 10.6 Å². The number of nitrogens with one attached hydrogen (secondary N) is 2. The zero-order valence-electron chi connectivity index (χ0n) is 10.9. The Morgan fingerprint density at radius 3 is 3.00 bits per heavy atom. The minimum atomic E-state index is 0.167. The summed E-state index contributed by atoms with van der Waals surface area (Å²) in [6.07, 6.45) is 4.35. The Morgan fingerprint density at radius 1 is 1.39 bits per heavy atom. The second kappa shape index (κ2) is 5.55. The number of carbonyl (C=O) groups excluding carboxylic acids is 1. The molecule has 3 aliphatic rings. The van der Waals surface area contributed by atoms with E-state index in [0.717, 1.165) is 38.7 Å². The topological polar surface area (TPSA) is 53.6 Å². The van der Waals surface area contributed by atoms with Crippen molar-refractivity contribution in [2.24, 2.45) is 0 Å². The van der Waals surface area contributed by atoms with Gasteiger partial charge in [0, 0.05) is 44.2 Å². The minimum Gasteiger partial charge on any atom is -0.378 e. The highest BCUT2D eigenvalue weighted by atomic mass is 16.5. The van der Waals surface area contributed by atoms with Crippen LogP contribution in [0.4, 0.5) is 0 Å². The molecular formula is C13H23N3O2. The molecule has 1 aliphatic carbocycles. The second-order valence-corrected chi connectivity index (χ2v) is 5.71. The number of carbonyl (C=O) groups is 1. The van der Waals surface area contributed by atoms with E-state index in [1.54, 1.807) is 0 Å². The summed E-state index contributed by atoms with van der Waals surface area (Å²) in [7, 11) is 0. The highest BCUT2D eigenvalue weighted by Gasteiger charge is 2.34. The van der Waals surface area contributed by atoms with E-state index in [0.29, 0.717) is 19.1 Å². The molecule has 1 saturated carbocycles. The highest BCUT2D eigenvalue weighted by Crippen LogP contribution is 2.29. The zero-order valence-corrected chi connectivity index (χ0v) is 10.9. The Bertz CT molecular complexity index is 301. The third kappa shape index (κ3) is 3.22. The highest BCUT2D eigenvalue weighted by molar-refractivity contribution is 5.77. The molecule has 3 fully saturated rings. The third-order valence-electron chi connectivity index (χ3n) is 4.08. The number of rotatable bonds is 4. The van der Waals surface area contributed by atoms with Gasteiger partial charge in [0.15, 0.2) is 0 Å². The standard InChI is InChI=1S/C13H23N3O2/c17-13(7-11-9-18-6-4-14-11)15-10-3-5-16(8-10)12-1-2-12/h10-12,14H,1-9H2,(H,15,17). The predicted octanol–water partition coefficient (Wildman–Crippen LogP) is -0.282. The van der Waals surface area contributed by atoms with Crippen LogP contribution in [0, 0.1) is 0 Å².